The Morgan fingerprint density at radius 1 is 1.29 bits per heavy atom. The third kappa shape index (κ3) is 3.23. The Kier molecular flexibility index (Phi) is 5.12. The second kappa shape index (κ2) is 7.30. The van der Waals surface area contributed by atoms with E-state index in [1.54, 1.807) is 0 Å². The van der Waals surface area contributed by atoms with Crippen molar-refractivity contribution in [1.29, 1.82) is 0 Å². The highest BCUT2D eigenvalue weighted by Crippen LogP contribution is 2.56. The van der Waals surface area contributed by atoms with E-state index in [4.69, 9.17) is 22.1 Å². The number of nitrogens with two attached hydrogens (primary N) is 1. The van der Waals surface area contributed by atoms with Crippen LogP contribution in [0, 0.1) is 11.2 Å². The van der Waals surface area contributed by atoms with Gasteiger partial charge < -0.3 is 25.3 Å². The highest BCUT2D eigenvalue weighted by atomic mass is 35.5. The van der Waals surface area contributed by atoms with Gasteiger partial charge in [-0.05, 0) is 30.7 Å². The van der Waals surface area contributed by atoms with Crippen LogP contribution < -0.4 is 5.73 Å². The quantitative estimate of drug-likeness (QED) is 0.517. The van der Waals surface area contributed by atoms with Crippen LogP contribution in [0.2, 0.25) is 5.02 Å². The first-order valence-corrected chi connectivity index (χ1v) is 9.45. The maximum Gasteiger partial charge on any atom is 0.399 e. The van der Waals surface area contributed by atoms with Crippen molar-refractivity contribution < 1.29 is 32.5 Å². The lowest BCUT2D eigenvalue weighted by atomic mass is 9.76. The van der Waals surface area contributed by atoms with Gasteiger partial charge in [-0.25, -0.2) is 14.4 Å². The van der Waals surface area contributed by atoms with Gasteiger partial charge in [0, 0.05) is 6.20 Å². The van der Waals surface area contributed by atoms with Gasteiger partial charge in [-0.2, -0.15) is 13.2 Å². The number of rotatable bonds is 3. The number of fused-ring (bicyclic) bond motifs is 1. The molecule has 0 bridgehead atoms. The summed E-state index contributed by atoms with van der Waals surface area (Å²) in [5.74, 6) is -0.811. The number of hydrogen-bond donors (Lipinski definition) is 3. The number of aliphatic hydroxyl groups excluding tert-OH is 2. The number of nitrogens with zero attached hydrogens (tertiary/aromatic N) is 3. The summed E-state index contributed by atoms with van der Waals surface area (Å²) in [5, 5.41) is 21.6. The van der Waals surface area contributed by atoms with Gasteiger partial charge in [-0.15, -0.1) is 0 Å². The maximum atomic E-state index is 14.2. The molecule has 0 saturated carbocycles. The molecule has 0 spiro atoms. The van der Waals surface area contributed by atoms with E-state index < -0.39 is 41.9 Å². The molecular formula is C19H17ClF4N4O3. The molecule has 4 N–H and O–H groups in total. The van der Waals surface area contributed by atoms with Gasteiger partial charge in [0.25, 0.3) is 0 Å². The number of alkyl halides is 3. The Labute approximate surface area is 178 Å². The fourth-order valence-electron chi connectivity index (χ4n) is 3.85. The molecule has 0 aliphatic carbocycles. The van der Waals surface area contributed by atoms with Crippen molar-refractivity contribution in [2.24, 2.45) is 5.41 Å². The first-order valence-electron chi connectivity index (χ1n) is 9.07. The van der Waals surface area contributed by atoms with Crippen molar-refractivity contribution in [3.05, 3.63) is 53.2 Å². The third-order valence-electron chi connectivity index (χ3n) is 5.76. The number of anilines is 1. The van der Waals surface area contributed by atoms with Gasteiger partial charge in [0.2, 0.25) is 0 Å². The van der Waals surface area contributed by atoms with E-state index in [2.05, 4.69) is 9.97 Å². The number of halogens is 5. The SMILES string of the molecule is C[C@]1(C(F)(F)F)[C@@H]([C@H](O)c2ccc(Cl)c(F)c2)O[C@@H](n2ccc3c(N)ncnc32)[C@@H]1O. The van der Waals surface area contributed by atoms with Crippen LogP contribution in [0.15, 0.2) is 36.8 Å². The van der Waals surface area contributed by atoms with Gasteiger partial charge in [0.05, 0.1) is 10.4 Å². The van der Waals surface area contributed by atoms with Crippen LogP contribution in [0.25, 0.3) is 11.0 Å². The highest BCUT2D eigenvalue weighted by Gasteiger charge is 2.69. The van der Waals surface area contributed by atoms with Crippen molar-refractivity contribution in [3.8, 4) is 0 Å². The molecule has 7 nitrogen and oxygen atoms in total. The van der Waals surface area contributed by atoms with E-state index in [0.29, 0.717) is 5.39 Å². The van der Waals surface area contributed by atoms with Crippen LogP contribution in [0.1, 0.15) is 24.8 Å². The van der Waals surface area contributed by atoms with Gasteiger partial charge in [-0.1, -0.05) is 17.7 Å². The Morgan fingerprint density at radius 3 is 2.65 bits per heavy atom. The first-order chi connectivity index (χ1) is 14.5. The van der Waals surface area contributed by atoms with Crippen LogP contribution in [0.5, 0.6) is 0 Å². The monoisotopic (exact) mass is 460 g/mol. The van der Waals surface area contributed by atoms with E-state index in [1.165, 1.54) is 22.9 Å². The molecule has 4 rings (SSSR count). The second-order valence-electron chi connectivity index (χ2n) is 7.51. The van der Waals surface area contributed by atoms with Crippen LogP contribution in [0.4, 0.5) is 23.4 Å². The molecule has 1 aliphatic rings. The topological polar surface area (TPSA) is 106 Å². The van der Waals surface area contributed by atoms with E-state index in [0.717, 1.165) is 25.4 Å². The average Bonchev–Trinajstić information content (AvgIpc) is 3.24. The Hall–Kier alpha value is -2.47. The van der Waals surface area contributed by atoms with Crippen LogP contribution >= 0.6 is 11.6 Å². The Bertz CT molecular complexity index is 1140. The predicted octanol–water partition coefficient (Wildman–Crippen LogP) is 3.37. The molecular weight excluding hydrogens is 444 g/mol. The summed E-state index contributed by atoms with van der Waals surface area (Å²) in [5.41, 5.74) is 2.83. The summed E-state index contributed by atoms with van der Waals surface area (Å²) in [6, 6.07) is 4.60. The van der Waals surface area contributed by atoms with Crippen LogP contribution in [0.3, 0.4) is 0 Å². The minimum absolute atomic E-state index is 0.100. The largest absolute Gasteiger partial charge is 0.399 e. The van der Waals surface area contributed by atoms with Crippen molar-refractivity contribution in [2.75, 3.05) is 5.73 Å². The summed E-state index contributed by atoms with van der Waals surface area (Å²) in [7, 11) is 0. The smallest absolute Gasteiger partial charge is 0.387 e. The zero-order valence-electron chi connectivity index (χ0n) is 15.9. The molecule has 1 aliphatic heterocycles. The molecule has 1 saturated heterocycles. The number of benzene rings is 1. The highest BCUT2D eigenvalue weighted by molar-refractivity contribution is 6.30. The average molecular weight is 461 g/mol. The van der Waals surface area contributed by atoms with Crippen molar-refractivity contribution in [2.45, 2.75) is 37.6 Å². The third-order valence-corrected chi connectivity index (χ3v) is 6.07. The number of aliphatic hydroxyl groups is 2. The van der Waals surface area contributed by atoms with Gasteiger partial charge in [0.15, 0.2) is 6.23 Å². The van der Waals surface area contributed by atoms with E-state index in [-0.39, 0.29) is 22.1 Å². The van der Waals surface area contributed by atoms with Crippen molar-refractivity contribution in [3.63, 3.8) is 0 Å². The fourth-order valence-corrected chi connectivity index (χ4v) is 3.96. The fraction of sp³-hybridized carbons (Fsp3) is 0.368. The molecule has 0 amide bonds. The molecule has 0 radical (unpaired) electrons. The number of nitrogen functional groups attached to an aromatic ring is 1. The summed E-state index contributed by atoms with van der Waals surface area (Å²) in [6.45, 7) is 0.743. The summed E-state index contributed by atoms with van der Waals surface area (Å²) in [6.07, 6.45) is -10.1. The summed E-state index contributed by atoms with van der Waals surface area (Å²) in [4.78, 5) is 7.83. The Morgan fingerprint density at radius 2 is 2.00 bits per heavy atom. The first kappa shape index (κ1) is 21.8. The van der Waals surface area contributed by atoms with Gasteiger partial charge >= 0.3 is 6.18 Å². The number of hydrogen-bond acceptors (Lipinski definition) is 6. The Balaban J connectivity index is 1.81. The normalized spacial score (nSPS) is 27.7. The maximum absolute atomic E-state index is 14.2. The zero-order chi connectivity index (χ0) is 22.7. The van der Waals surface area contributed by atoms with Crippen LogP contribution in [-0.2, 0) is 4.74 Å². The standard InChI is InChI=1S/C19H17ClF4N4O3/c1-18(19(22,23)24)13(30)17(28-5-4-9-15(25)26-7-27-16(9)28)31-14(18)12(29)8-2-3-10(20)11(21)6-8/h2-7,12-14,17,29-30H,1H3,(H2,25,26,27)/t12-,13+,14-,17-,18-/m1/s1. The molecule has 31 heavy (non-hydrogen) atoms. The molecule has 3 heterocycles. The van der Waals surface area contributed by atoms with Crippen LogP contribution in [-0.4, -0.2) is 43.1 Å². The second-order valence-corrected chi connectivity index (χ2v) is 7.92. The summed E-state index contributed by atoms with van der Waals surface area (Å²) >= 11 is 5.62. The molecule has 2 aromatic heterocycles. The lowest BCUT2D eigenvalue weighted by Gasteiger charge is -2.36. The number of aromatic nitrogens is 3. The molecule has 0 unspecified atom stereocenters. The summed E-state index contributed by atoms with van der Waals surface area (Å²) < 4.78 is 63.1. The van der Waals surface area contributed by atoms with E-state index in [1.807, 2.05) is 0 Å². The molecule has 1 aromatic carbocycles. The lowest BCUT2D eigenvalue weighted by molar-refractivity contribution is -0.261. The zero-order valence-corrected chi connectivity index (χ0v) is 16.6. The van der Waals surface area contributed by atoms with Gasteiger partial charge in [0.1, 0.15) is 47.3 Å². The van der Waals surface area contributed by atoms with E-state index in [9.17, 15) is 27.8 Å². The minimum Gasteiger partial charge on any atom is -0.387 e. The number of ether oxygens (including phenoxy) is 1. The molecule has 12 heteroatoms. The molecule has 1 fully saturated rings. The minimum atomic E-state index is -4.98. The molecule has 166 valence electrons. The molecule has 3 aromatic rings. The van der Waals surface area contributed by atoms with Crippen molar-refractivity contribution in [1.82, 2.24) is 14.5 Å². The van der Waals surface area contributed by atoms with E-state index >= 15 is 0 Å². The predicted molar refractivity (Wildman–Crippen MR) is 102 cm³/mol. The molecule has 5 atom stereocenters. The lowest BCUT2D eigenvalue weighted by Crippen LogP contribution is -2.51. The van der Waals surface area contributed by atoms with Crippen molar-refractivity contribution >= 4 is 28.5 Å². The van der Waals surface area contributed by atoms with Gasteiger partial charge in [-0.3, -0.25) is 0 Å².